The van der Waals surface area contributed by atoms with Crippen LogP contribution in [0.1, 0.15) is 30.0 Å². The van der Waals surface area contributed by atoms with E-state index >= 15 is 0 Å². The van der Waals surface area contributed by atoms with Crippen molar-refractivity contribution in [3.8, 4) is 0 Å². The third kappa shape index (κ3) is 3.08. The van der Waals surface area contributed by atoms with Gasteiger partial charge in [0.15, 0.2) is 0 Å². The highest BCUT2D eigenvalue weighted by Crippen LogP contribution is 2.32. The van der Waals surface area contributed by atoms with Gasteiger partial charge in [-0.1, -0.05) is 6.07 Å². The summed E-state index contributed by atoms with van der Waals surface area (Å²) < 4.78 is 40.0. The number of aryl methyl sites for hydroxylation is 1. The number of hydrogen-bond donors (Lipinski definition) is 0. The Hall–Kier alpha value is -2.05. The quantitative estimate of drug-likeness (QED) is 0.854. The van der Waals surface area contributed by atoms with Crippen LogP contribution < -0.4 is 4.90 Å². The summed E-state index contributed by atoms with van der Waals surface area (Å²) in [5.41, 5.74) is 0.360. The number of aromatic nitrogens is 3. The molecular weight excluding hydrogens is 293 g/mol. The molecule has 0 aliphatic carbocycles. The molecule has 1 fully saturated rings. The number of rotatable bonds is 2. The maximum Gasteiger partial charge on any atom is 0.433 e. The van der Waals surface area contributed by atoms with Gasteiger partial charge in [-0.15, -0.1) is 0 Å². The van der Waals surface area contributed by atoms with Gasteiger partial charge >= 0.3 is 6.18 Å². The second-order valence-corrected chi connectivity index (χ2v) is 5.59. The van der Waals surface area contributed by atoms with Crippen molar-refractivity contribution in [3.05, 3.63) is 41.9 Å². The summed E-state index contributed by atoms with van der Waals surface area (Å²) in [5.74, 6) is 0.815. The summed E-state index contributed by atoms with van der Waals surface area (Å²) in [4.78, 5) is 5.67. The Kier molecular flexibility index (Phi) is 3.80. The largest absolute Gasteiger partial charge is 0.433 e. The molecule has 7 heteroatoms. The van der Waals surface area contributed by atoms with Gasteiger partial charge in [0.2, 0.25) is 0 Å². The minimum absolute atomic E-state index is 0.402. The van der Waals surface area contributed by atoms with Crippen molar-refractivity contribution in [1.82, 2.24) is 14.8 Å². The Bertz CT molecular complexity index is 642. The molecule has 1 saturated heterocycles. The van der Waals surface area contributed by atoms with E-state index in [4.69, 9.17) is 0 Å². The normalized spacial score (nSPS) is 17.0. The van der Waals surface area contributed by atoms with Gasteiger partial charge < -0.3 is 4.90 Å². The van der Waals surface area contributed by atoms with Crippen molar-refractivity contribution in [2.24, 2.45) is 7.05 Å². The van der Waals surface area contributed by atoms with Gasteiger partial charge in [-0.25, -0.2) is 4.98 Å². The van der Waals surface area contributed by atoms with Crippen LogP contribution in [0.15, 0.2) is 30.6 Å². The van der Waals surface area contributed by atoms with Crippen molar-refractivity contribution >= 4 is 5.82 Å². The molecular formula is C15H17F3N4. The van der Waals surface area contributed by atoms with Crippen molar-refractivity contribution in [3.63, 3.8) is 0 Å². The van der Waals surface area contributed by atoms with Crippen LogP contribution >= 0.6 is 0 Å². The van der Waals surface area contributed by atoms with Crippen LogP contribution in [-0.4, -0.2) is 27.9 Å². The Morgan fingerprint density at radius 3 is 2.50 bits per heavy atom. The molecule has 0 N–H and O–H groups in total. The number of piperidine rings is 1. The lowest BCUT2D eigenvalue weighted by molar-refractivity contribution is -0.141. The van der Waals surface area contributed by atoms with E-state index in [1.165, 1.54) is 11.6 Å². The first-order valence-electron chi connectivity index (χ1n) is 7.21. The standard InChI is InChI=1S/C15H17F3N4/c1-21-10-12(9-19-21)11-5-7-22(8-6-11)14-4-2-3-13(20-14)15(16,17)18/h2-4,9-11H,5-8H2,1H3. The molecule has 118 valence electrons. The Morgan fingerprint density at radius 1 is 1.18 bits per heavy atom. The zero-order valence-electron chi connectivity index (χ0n) is 12.2. The minimum Gasteiger partial charge on any atom is -0.357 e. The topological polar surface area (TPSA) is 34.0 Å². The number of pyridine rings is 1. The van der Waals surface area contributed by atoms with Crippen LogP contribution in [-0.2, 0) is 13.2 Å². The molecule has 1 aliphatic heterocycles. The van der Waals surface area contributed by atoms with Gasteiger partial charge in [0.1, 0.15) is 11.5 Å². The first-order valence-corrected chi connectivity index (χ1v) is 7.21. The predicted octanol–water partition coefficient (Wildman–Crippen LogP) is 3.22. The van der Waals surface area contributed by atoms with Crippen LogP contribution in [0.4, 0.5) is 19.0 Å². The van der Waals surface area contributed by atoms with Crippen LogP contribution in [0, 0.1) is 0 Å². The van der Waals surface area contributed by atoms with Gasteiger partial charge in [0.05, 0.1) is 6.20 Å². The molecule has 3 rings (SSSR count). The van der Waals surface area contributed by atoms with E-state index in [9.17, 15) is 13.2 Å². The zero-order valence-corrected chi connectivity index (χ0v) is 12.2. The SMILES string of the molecule is Cn1cc(C2CCN(c3cccc(C(F)(F)F)n3)CC2)cn1. The molecule has 2 aromatic heterocycles. The van der Waals surface area contributed by atoms with Crippen LogP contribution in [0.2, 0.25) is 0 Å². The van der Waals surface area contributed by atoms with E-state index in [0.29, 0.717) is 24.8 Å². The molecule has 2 aromatic rings. The van der Waals surface area contributed by atoms with Crippen molar-refractivity contribution in [2.45, 2.75) is 24.9 Å². The molecule has 4 nitrogen and oxygen atoms in total. The second kappa shape index (κ2) is 5.62. The van der Waals surface area contributed by atoms with Crippen LogP contribution in [0.25, 0.3) is 0 Å². The Morgan fingerprint density at radius 2 is 1.91 bits per heavy atom. The molecule has 0 unspecified atom stereocenters. The van der Waals surface area contributed by atoms with Gasteiger partial charge in [0.25, 0.3) is 0 Å². The van der Waals surface area contributed by atoms with E-state index in [0.717, 1.165) is 18.9 Å². The van der Waals surface area contributed by atoms with Crippen LogP contribution in [0.5, 0.6) is 0 Å². The first kappa shape index (κ1) is 14.9. The summed E-state index contributed by atoms with van der Waals surface area (Å²) in [6.45, 7) is 1.40. The summed E-state index contributed by atoms with van der Waals surface area (Å²) >= 11 is 0. The van der Waals surface area contributed by atoms with E-state index in [1.54, 1.807) is 10.7 Å². The maximum absolute atomic E-state index is 12.7. The minimum atomic E-state index is -4.40. The number of nitrogens with zero attached hydrogens (tertiary/aromatic N) is 4. The predicted molar refractivity (Wildman–Crippen MR) is 76.6 cm³/mol. The highest BCUT2D eigenvalue weighted by Gasteiger charge is 2.33. The molecule has 0 spiro atoms. The first-order chi connectivity index (χ1) is 10.4. The van der Waals surface area contributed by atoms with Crippen molar-refractivity contribution in [1.29, 1.82) is 0 Å². The maximum atomic E-state index is 12.7. The smallest absolute Gasteiger partial charge is 0.357 e. The van der Waals surface area contributed by atoms with Gasteiger partial charge in [-0.05, 0) is 36.5 Å². The molecule has 0 amide bonds. The molecule has 0 aromatic carbocycles. The third-order valence-electron chi connectivity index (χ3n) is 4.04. The highest BCUT2D eigenvalue weighted by atomic mass is 19.4. The molecule has 22 heavy (non-hydrogen) atoms. The Labute approximate surface area is 126 Å². The summed E-state index contributed by atoms with van der Waals surface area (Å²) in [7, 11) is 1.88. The zero-order chi connectivity index (χ0) is 15.7. The van der Waals surface area contributed by atoms with E-state index < -0.39 is 11.9 Å². The molecule has 0 saturated carbocycles. The molecule has 1 aliphatic rings. The fraction of sp³-hybridized carbons (Fsp3) is 0.467. The van der Waals surface area contributed by atoms with E-state index in [1.807, 2.05) is 24.3 Å². The summed E-state index contributed by atoms with van der Waals surface area (Å²) in [5, 5.41) is 4.17. The van der Waals surface area contributed by atoms with Crippen LogP contribution in [0.3, 0.4) is 0 Å². The van der Waals surface area contributed by atoms with E-state index in [-0.39, 0.29) is 0 Å². The molecule has 0 bridgehead atoms. The third-order valence-corrected chi connectivity index (χ3v) is 4.04. The van der Waals surface area contributed by atoms with Gasteiger partial charge in [-0.3, -0.25) is 4.68 Å². The number of hydrogen-bond acceptors (Lipinski definition) is 3. The summed E-state index contributed by atoms with van der Waals surface area (Å²) in [6.07, 6.45) is 1.25. The average Bonchev–Trinajstić information content (AvgIpc) is 2.93. The number of anilines is 1. The highest BCUT2D eigenvalue weighted by molar-refractivity contribution is 5.40. The van der Waals surface area contributed by atoms with Gasteiger partial charge in [-0.2, -0.15) is 18.3 Å². The van der Waals surface area contributed by atoms with Crippen molar-refractivity contribution in [2.75, 3.05) is 18.0 Å². The Balaban J connectivity index is 1.69. The van der Waals surface area contributed by atoms with Crippen molar-refractivity contribution < 1.29 is 13.2 Å². The molecule has 3 heterocycles. The van der Waals surface area contributed by atoms with E-state index in [2.05, 4.69) is 10.1 Å². The number of halogens is 3. The lowest BCUT2D eigenvalue weighted by atomic mass is 9.91. The monoisotopic (exact) mass is 310 g/mol. The number of alkyl halides is 3. The fourth-order valence-electron chi connectivity index (χ4n) is 2.85. The molecule has 0 atom stereocenters. The lowest BCUT2D eigenvalue weighted by Gasteiger charge is -2.32. The average molecular weight is 310 g/mol. The second-order valence-electron chi connectivity index (χ2n) is 5.59. The lowest BCUT2D eigenvalue weighted by Crippen LogP contribution is -2.33. The van der Waals surface area contributed by atoms with Gasteiger partial charge in [0, 0.05) is 26.3 Å². The fourth-order valence-corrected chi connectivity index (χ4v) is 2.85. The molecule has 0 radical (unpaired) electrons. The summed E-state index contributed by atoms with van der Waals surface area (Å²) in [6, 6.07) is 4.06.